The lowest BCUT2D eigenvalue weighted by atomic mass is 10.0. The van der Waals surface area contributed by atoms with Crippen molar-refractivity contribution in [1.82, 2.24) is 5.32 Å². The largest absolute Gasteiger partial charge is 0.493 e. The van der Waals surface area contributed by atoms with Crippen molar-refractivity contribution in [3.05, 3.63) is 36.4 Å². The second-order valence-corrected chi connectivity index (χ2v) is 6.31. The Labute approximate surface area is 164 Å². The molecule has 8 nitrogen and oxygen atoms in total. The van der Waals surface area contributed by atoms with Crippen LogP contribution < -0.4 is 14.8 Å². The van der Waals surface area contributed by atoms with E-state index in [0.29, 0.717) is 17.9 Å². The summed E-state index contributed by atoms with van der Waals surface area (Å²) < 4.78 is 20.3. The highest BCUT2D eigenvalue weighted by atomic mass is 16.5. The highest BCUT2D eigenvalue weighted by molar-refractivity contribution is 5.92. The van der Waals surface area contributed by atoms with Gasteiger partial charge in [0.25, 0.3) is 5.91 Å². The highest BCUT2D eigenvalue weighted by Gasteiger charge is 2.23. The Kier molecular flexibility index (Phi) is 9.56. The molecule has 1 aromatic rings. The first-order chi connectivity index (χ1) is 13.3. The molecule has 0 fully saturated rings. The van der Waals surface area contributed by atoms with Crippen LogP contribution in [0, 0.1) is 5.92 Å². The van der Waals surface area contributed by atoms with Crippen LogP contribution in [0.15, 0.2) is 30.9 Å². The zero-order chi connectivity index (χ0) is 21.1. The number of carbonyl (C=O) groups excluding carboxylic acids is 3. The van der Waals surface area contributed by atoms with Gasteiger partial charge in [-0.2, -0.15) is 0 Å². The minimum atomic E-state index is -0.794. The molecule has 28 heavy (non-hydrogen) atoms. The molecule has 1 rings (SSSR count). The lowest BCUT2D eigenvalue weighted by Crippen LogP contribution is -2.44. The number of nitrogens with one attached hydrogen (secondary N) is 1. The van der Waals surface area contributed by atoms with E-state index in [2.05, 4.69) is 16.6 Å². The van der Waals surface area contributed by atoms with Crippen LogP contribution in [0.2, 0.25) is 0 Å². The number of hydrogen-bond donors (Lipinski definition) is 1. The van der Waals surface area contributed by atoms with Crippen molar-refractivity contribution in [1.29, 1.82) is 0 Å². The van der Waals surface area contributed by atoms with Crippen LogP contribution in [0.1, 0.15) is 30.6 Å². The molecule has 1 atom stereocenters. The lowest BCUT2D eigenvalue weighted by molar-refractivity contribution is -0.145. The summed E-state index contributed by atoms with van der Waals surface area (Å²) in [4.78, 5) is 36.0. The zero-order valence-electron chi connectivity index (χ0n) is 16.7. The van der Waals surface area contributed by atoms with Crippen LogP contribution in [-0.4, -0.2) is 51.3 Å². The summed E-state index contributed by atoms with van der Waals surface area (Å²) >= 11 is 0. The fourth-order valence-corrected chi connectivity index (χ4v) is 2.34. The molecule has 0 aromatic heterocycles. The van der Waals surface area contributed by atoms with Crippen LogP contribution in [0.4, 0.5) is 0 Å². The van der Waals surface area contributed by atoms with Gasteiger partial charge in [-0.1, -0.05) is 26.5 Å². The van der Waals surface area contributed by atoms with E-state index >= 15 is 0 Å². The second kappa shape index (κ2) is 11.6. The zero-order valence-corrected chi connectivity index (χ0v) is 16.7. The molecule has 0 heterocycles. The minimum Gasteiger partial charge on any atom is -0.493 e. The minimum absolute atomic E-state index is 0.168. The number of methoxy groups -OCH3 is 2. The first-order valence-electron chi connectivity index (χ1n) is 8.78. The van der Waals surface area contributed by atoms with Gasteiger partial charge in [-0.15, -0.1) is 0 Å². The number of benzene rings is 1. The number of rotatable bonds is 11. The van der Waals surface area contributed by atoms with Crippen LogP contribution in [-0.2, 0) is 19.1 Å². The van der Waals surface area contributed by atoms with Gasteiger partial charge in [0.05, 0.1) is 19.8 Å². The van der Waals surface area contributed by atoms with Crippen molar-refractivity contribution < 1.29 is 33.3 Å². The second-order valence-electron chi connectivity index (χ2n) is 6.31. The summed E-state index contributed by atoms with van der Waals surface area (Å²) in [5.41, 5.74) is 0.197. The summed E-state index contributed by atoms with van der Waals surface area (Å²) in [7, 11) is 2.69. The van der Waals surface area contributed by atoms with Gasteiger partial charge in [0.1, 0.15) is 12.6 Å². The van der Waals surface area contributed by atoms with Crippen LogP contribution in [0.25, 0.3) is 0 Å². The van der Waals surface area contributed by atoms with Crippen molar-refractivity contribution in [3.8, 4) is 11.5 Å². The average Bonchev–Trinajstić information content (AvgIpc) is 2.68. The summed E-state index contributed by atoms with van der Waals surface area (Å²) in [5, 5.41) is 2.52. The van der Waals surface area contributed by atoms with E-state index in [1.54, 1.807) is 12.1 Å². The first-order valence-corrected chi connectivity index (χ1v) is 8.78. The third kappa shape index (κ3) is 7.30. The van der Waals surface area contributed by atoms with E-state index in [1.807, 2.05) is 13.8 Å². The molecular weight excluding hydrogens is 366 g/mol. The van der Waals surface area contributed by atoms with Gasteiger partial charge in [0.2, 0.25) is 0 Å². The Hall–Kier alpha value is -3.03. The third-order valence-corrected chi connectivity index (χ3v) is 3.62. The number of amides is 1. The molecule has 1 amide bonds. The number of ether oxygens (including phenoxy) is 4. The van der Waals surface area contributed by atoms with E-state index in [0.717, 1.165) is 0 Å². The van der Waals surface area contributed by atoms with E-state index in [9.17, 15) is 14.4 Å². The molecule has 1 N–H and O–H groups in total. The first kappa shape index (κ1) is 23.0. The molecule has 8 heteroatoms. The quantitative estimate of drug-likeness (QED) is 0.454. The molecule has 0 radical (unpaired) electrons. The Morgan fingerprint density at radius 1 is 1.18 bits per heavy atom. The summed E-state index contributed by atoms with van der Waals surface area (Å²) in [6.07, 6.45) is 2.00. The molecule has 0 bridgehead atoms. The van der Waals surface area contributed by atoms with E-state index in [1.165, 1.54) is 26.4 Å². The third-order valence-electron chi connectivity index (χ3n) is 3.62. The molecule has 0 aliphatic rings. The Bertz CT molecular complexity index is 700. The number of hydrogen-bond acceptors (Lipinski definition) is 7. The predicted octanol–water partition coefficient (Wildman–Crippen LogP) is 2.12. The number of esters is 2. The maximum Gasteiger partial charge on any atom is 0.338 e. The molecule has 1 aromatic carbocycles. The van der Waals surface area contributed by atoms with Gasteiger partial charge in [0, 0.05) is 0 Å². The van der Waals surface area contributed by atoms with E-state index in [-0.39, 0.29) is 18.1 Å². The van der Waals surface area contributed by atoms with Gasteiger partial charge >= 0.3 is 11.9 Å². The van der Waals surface area contributed by atoms with Gasteiger partial charge in [0.15, 0.2) is 18.1 Å². The summed E-state index contributed by atoms with van der Waals surface area (Å²) in [6.45, 7) is 7.16. The molecule has 0 aliphatic carbocycles. The molecular formula is C20H27NO7. The van der Waals surface area contributed by atoms with Gasteiger partial charge in [-0.05, 0) is 30.5 Å². The van der Waals surface area contributed by atoms with Crippen LogP contribution in [0.3, 0.4) is 0 Å². The van der Waals surface area contributed by atoms with Crippen LogP contribution >= 0.6 is 0 Å². The molecule has 0 saturated carbocycles. The maximum atomic E-state index is 12.2. The highest BCUT2D eigenvalue weighted by Crippen LogP contribution is 2.28. The van der Waals surface area contributed by atoms with Crippen molar-refractivity contribution in [2.45, 2.75) is 26.3 Å². The fraction of sp³-hybridized carbons (Fsp3) is 0.450. The van der Waals surface area contributed by atoms with Crippen LogP contribution in [0.5, 0.6) is 11.5 Å². The molecule has 0 aliphatic heterocycles. The van der Waals surface area contributed by atoms with Crippen molar-refractivity contribution in [2.75, 3.05) is 27.4 Å². The van der Waals surface area contributed by atoms with E-state index in [4.69, 9.17) is 14.2 Å². The van der Waals surface area contributed by atoms with Gasteiger partial charge in [-0.3, -0.25) is 4.79 Å². The molecule has 0 saturated heterocycles. The smallest absolute Gasteiger partial charge is 0.338 e. The topological polar surface area (TPSA) is 100 Å². The van der Waals surface area contributed by atoms with Gasteiger partial charge < -0.3 is 24.3 Å². The maximum absolute atomic E-state index is 12.2. The standard InChI is InChI=1S/C20H27NO7/c1-6-9-27-16-8-7-14(11-17(16)25-4)19(23)28-12-18(22)21-15(10-13(2)3)20(24)26-5/h6-8,11,13,15H,1,9-10,12H2,2-5H3,(H,21,22). The summed E-state index contributed by atoms with van der Waals surface area (Å²) in [5.74, 6) is -0.881. The molecule has 0 spiro atoms. The lowest BCUT2D eigenvalue weighted by Gasteiger charge is -2.18. The SMILES string of the molecule is C=CCOc1ccc(C(=O)OCC(=O)NC(CC(C)C)C(=O)OC)cc1OC. The van der Waals surface area contributed by atoms with Gasteiger partial charge in [-0.25, -0.2) is 9.59 Å². The average molecular weight is 393 g/mol. The monoisotopic (exact) mass is 393 g/mol. The summed E-state index contributed by atoms with van der Waals surface area (Å²) in [6, 6.07) is 3.72. The van der Waals surface area contributed by atoms with E-state index < -0.39 is 30.5 Å². The van der Waals surface area contributed by atoms with Crippen molar-refractivity contribution >= 4 is 17.8 Å². The molecule has 1 unspecified atom stereocenters. The predicted molar refractivity (Wildman–Crippen MR) is 102 cm³/mol. The Morgan fingerprint density at radius 2 is 1.89 bits per heavy atom. The fourth-order valence-electron chi connectivity index (χ4n) is 2.34. The Balaban J connectivity index is 2.68. The number of carbonyl (C=O) groups is 3. The van der Waals surface area contributed by atoms with Crippen molar-refractivity contribution in [3.63, 3.8) is 0 Å². The Morgan fingerprint density at radius 3 is 2.46 bits per heavy atom. The van der Waals surface area contributed by atoms with Crippen molar-refractivity contribution in [2.24, 2.45) is 5.92 Å². The molecule has 154 valence electrons. The normalized spacial score (nSPS) is 11.3.